The molecule has 1 amide bonds. The van der Waals surface area contributed by atoms with E-state index in [0.717, 1.165) is 0 Å². The van der Waals surface area contributed by atoms with Crippen molar-refractivity contribution in [3.8, 4) is 0 Å². The Morgan fingerprint density at radius 2 is 2.32 bits per heavy atom. The fourth-order valence-corrected chi connectivity index (χ4v) is 3.18. The number of carboxylic acid groups (broad SMARTS) is 1. The third kappa shape index (κ3) is 3.06. The standard InChI is InChI=1S/C11H15N3O4S/c1-6-12-9(18-13-6)3-4-10(15)14-7(2)19-5-8(14)11(16)17/h7-8H,3-5H2,1-2H3,(H,16,17). The van der Waals surface area contributed by atoms with Crippen LogP contribution in [0.3, 0.4) is 0 Å². The summed E-state index contributed by atoms with van der Waals surface area (Å²) in [6, 6.07) is -0.739. The Bertz CT molecular complexity index is 490. The number of nitrogens with zero attached hydrogens (tertiary/aromatic N) is 3. The summed E-state index contributed by atoms with van der Waals surface area (Å²) in [5.74, 6) is 0.204. The van der Waals surface area contributed by atoms with Gasteiger partial charge >= 0.3 is 5.97 Å². The van der Waals surface area contributed by atoms with Crippen molar-refractivity contribution in [3.05, 3.63) is 11.7 Å². The molecule has 104 valence electrons. The highest BCUT2D eigenvalue weighted by Crippen LogP contribution is 2.29. The van der Waals surface area contributed by atoms with Crippen molar-refractivity contribution in [3.63, 3.8) is 0 Å². The lowest BCUT2D eigenvalue weighted by atomic mass is 10.2. The van der Waals surface area contributed by atoms with Gasteiger partial charge in [0.15, 0.2) is 5.82 Å². The molecule has 0 saturated carbocycles. The largest absolute Gasteiger partial charge is 0.480 e. The molecule has 19 heavy (non-hydrogen) atoms. The van der Waals surface area contributed by atoms with Crippen molar-refractivity contribution in [2.24, 2.45) is 0 Å². The minimum Gasteiger partial charge on any atom is -0.480 e. The number of thioether (sulfide) groups is 1. The summed E-state index contributed by atoms with van der Waals surface area (Å²) in [5.41, 5.74) is 0. The molecule has 0 aromatic carbocycles. The fraction of sp³-hybridized carbons (Fsp3) is 0.636. The van der Waals surface area contributed by atoms with Gasteiger partial charge in [0.25, 0.3) is 0 Å². The zero-order valence-corrected chi connectivity index (χ0v) is 11.5. The summed E-state index contributed by atoms with van der Waals surface area (Å²) in [4.78, 5) is 28.6. The van der Waals surface area contributed by atoms with Gasteiger partial charge in [-0.2, -0.15) is 4.98 Å². The molecule has 1 aliphatic heterocycles. The number of rotatable bonds is 4. The molecule has 1 fully saturated rings. The minimum absolute atomic E-state index is 0.113. The predicted octanol–water partition coefficient (Wildman–Crippen LogP) is 0.685. The van der Waals surface area contributed by atoms with Crippen LogP contribution in [0.25, 0.3) is 0 Å². The van der Waals surface area contributed by atoms with E-state index in [1.165, 1.54) is 16.7 Å². The Morgan fingerprint density at radius 1 is 1.58 bits per heavy atom. The van der Waals surface area contributed by atoms with Crippen molar-refractivity contribution < 1.29 is 19.2 Å². The van der Waals surface area contributed by atoms with Crippen LogP contribution >= 0.6 is 11.8 Å². The second-order valence-electron chi connectivity index (χ2n) is 4.32. The van der Waals surface area contributed by atoms with Crippen LogP contribution in [0.1, 0.15) is 25.1 Å². The topological polar surface area (TPSA) is 96.5 Å². The number of amides is 1. The lowest BCUT2D eigenvalue weighted by molar-refractivity contribution is -0.148. The van der Waals surface area contributed by atoms with Gasteiger partial charge in [0.2, 0.25) is 11.8 Å². The number of hydrogen-bond donors (Lipinski definition) is 1. The Labute approximate surface area is 114 Å². The molecule has 1 aromatic rings. The summed E-state index contributed by atoms with van der Waals surface area (Å²) >= 11 is 1.47. The van der Waals surface area contributed by atoms with E-state index >= 15 is 0 Å². The van der Waals surface area contributed by atoms with Crippen molar-refractivity contribution in [2.75, 3.05) is 5.75 Å². The first-order valence-corrected chi connectivity index (χ1v) is 6.98. The number of aromatic nitrogens is 2. The van der Waals surface area contributed by atoms with Crippen molar-refractivity contribution >= 4 is 23.6 Å². The quantitative estimate of drug-likeness (QED) is 0.869. The van der Waals surface area contributed by atoms with E-state index in [-0.39, 0.29) is 17.7 Å². The average Bonchev–Trinajstić information content (AvgIpc) is 2.92. The minimum atomic E-state index is -0.959. The molecular formula is C11H15N3O4S. The Hall–Kier alpha value is -1.57. The van der Waals surface area contributed by atoms with Crippen LogP contribution in [0, 0.1) is 6.92 Å². The number of hydrogen-bond acceptors (Lipinski definition) is 6. The molecule has 2 rings (SSSR count). The van der Waals surface area contributed by atoms with Crippen LogP contribution in [-0.2, 0) is 16.0 Å². The van der Waals surface area contributed by atoms with Gasteiger partial charge in [0.05, 0.1) is 5.37 Å². The van der Waals surface area contributed by atoms with Gasteiger partial charge in [-0.25, -0.2) is 4.79 Å². The first kappa shape index (κ1) is 13.9. The number of aryl methyl sites for hydroxylation is 2. The zero-order chi connectivity index (χ0) is 14.0. The van der Waals surface area contributed by atoms with Crippen LogP contribution in [-0.4, -0.2) is 49.2 Å². The lowest BCUT2D eigenvalue weighted by Gasteiger charge is -2.24. The summed E-state index contributed by atoms with van der Waals surface area (Å²) in [5, 5.41) is 12.6. The molecule has 8 heteroatoms. The molecule has 7 nitrogen and oxygen atoms in total. The SMILES string of the molecule is Cc1noc(CCC(=O)N2C(C)SCC2C(=O)O)n1. The molecule has 2 unspecified atom stereocenters. The molecule has 1 aromatic heterocycles. The van der Waals surface area contributed by atoms with Gasteiger partial charge in [-0.1, -0.05) is 5.16 Å². The zero-order valence-electron chi connectivity index (χ0n) is 10.7. The van der Waals surface area contributed by atoms with Crippen LogP contribution in [0.2, 0.25) is 0 Å². The molecule has 1 aliphatic rings. The van der Waals surface area contributed by atoms with Gasteiger partial charge in [0, 0.05) is 18.6 Å². The van der Waals surface area contributed by atoms with Crippen LogP contribution in [0.4, 0.5) is 0 Å². The first-order valence-electron chi connectivity index (χ1n) is 5.94. The number of carbonyl (C=O) groups is 2. The van der Waals surface area contributed by atoms with Crippen LogP contribution in [0.5, 0.6) is 0 Å². The van der Waals surface area contributed by atoms with E-state index in [9.17, 15) is 9.59 Å². The Kier molecular flexibility index (Phi) is 4.08. The normalized spacial score (nSPS) is 22.7. The van der Waals surface area contributed by atoms with Gasteiger partial charge in [-0.15, -0.1) is 11.8 Å². The maximum atomic E-state index is 12.1. The van der Waals surface area contributed by atoms with Crippen LogP contribution in [0.15, 0.2) is 4.52 Å². The molecule has 1 saturated heterocycles. The monoisotopic (exact) mass is 285 g/mol. The highest BCUT2D eigenvalue weighted by Gasteiger charge is 2.39. The molecule has 0 radical (unpaired) electrons. The molecule has 0 aliphatic carbocycles. The fourth-order valence-electron chi connectivity index (χ4n) is 2.00. The summed E-state index contributed by atoms with van der Waals surface area (Å²) in [7, 11) is 0. The second-order valence-corrected chi connectivity index (χ2v) is 5.67. The van der Waals surface area contributed by atoms with Gasteiger partial charge in [-0.3, -0.25) is 4.79 Å². The Morgan fingerprint density at radius 3 is 2.89 bits per heavy atom. The number of aliphatic carboxylic acids is 1. The average molecular weight is 285 g/mol. The van der Waals surface area contributed by atoms with Gasteiger partial charge < -0.3 is 14.5 Å². The first-order chi connectivity index (χ1) is 8.99. The highest BCUT2D eigenvalue weighted by atomic mass is 32.2. The number of carbonyl (C=O) groups excluding carboxylic acids is 1. The van der Waals surface area contributed by atoms with E-state index in [2.05, 4.69) is 10.1 Å². The molecule has 2 heterocycles. The third-order valence-electron chi connectivity index (χ3n) is 2.92. The molecule has 0 bridgehead atoms. The third-order valence-corrected chi connectivity index (χ3v) is 4.14. The van der Waals surface area contributed by atoms with Crippen molar-refractivity contribution in [2.45, 2.75) is 38.1 Å². The van der Waals surface area contributed by atoms with Gasteiger partial charge in [0.1, 0.15) is 6.04 Å². The smallest absolute Gasteiger partial charge is 0.327 e. The van der Waals surface area contributed by atoms with E-state index in [4.69, 9.17) is 9.63 Å². The summed E-state index contributed by atoms with van der Waals surface area (Å²) < 4.78 is 4.93. The molecule has 2 atom stereocenters. The maximum Gasteiger partial charge on any atom is 0.327 e. The van der Waals surface area contributed by atoms with Crippen LogP contribution < -0.4 is 0 Å². The van der Waals surface area contributed by atoms with Crippen molar-refractivity contribution in [1.82, 2.24) is 15.0 Å². The molecule has 1 N–H and O–H groups in total. The predicted molar refractivity (Wildman–Crippen MR) is 67.5 cm³/mol. The maximum absolute atomic E-state index is 12.1. The highest BCUT2D eigenvalue weighted by molar-refractivity contribution is 8.00. The van der Waals surface area contributed by atoms with E-state index < -0.39 is 12.0 Å². The summed E-state index contributed by atoms with van der Waals surface area (Å²) in [6.45, 7) is 3.54. The lowest BCUT2D eigenvalue weighted by Crippen LogP contribution is -2.44. The van der Waals surface area contributed by atoms with E-state index in [0.29, 0.717) is 23.9 Å². The van der Waals surface area contributed by atoms with E-state index in [1.54, 1.807) is 6.92 Å². The molecular weight excluding hydrogens is 270 g/mol. The van der Waals surface area contributed by atoms with Gasteiger partial charge in [-0.05, 0) is 13.8 Å². The molecule has 0 spiro atoms. The summed E-state index contributed by atoms with van der Waals surface area (Å²) in [6.07, 6.45) is 0.510. The van der Waals surface area contributed by atoms with E-state index in [1.807, 2.05) is 6.92 Å². The van der Waals surface area contributed by atoms with Crippen molar-refractivity contribution in [1.29, 1.82) is 0 Å². The number of carboxylic acids is 1. The second kappa shape index (κ2) is 5.60. The Balaban J connectivity index is 1.96.